The zero-order valence-electron chi connectivity index (χ0n) is 14.7. The SMILES string of the molecule is Cc1ccccc1Nc1ccc(C(=O)NCc2ccc3c(c2)OCO3)nn1. The molecule has 2 N–H and O–H groups in total. The molecule has 136 valence electrons. The molecule has 0 bridgehead atoms. The highest BCUT2D eigenvalue weighted by molar-refractivity contribution is 5.92. The summed E-state index contributed by atoms with van der Waals surface area (Å²) in [4.78, 5) is 12.3. The number of hydrogen-bond donors (Lipinski definition) is 2. The number of ether oxygens (including phenoxy) is 2. The van der Waals surface area contributed by atoms with Crippen molar-refractivity contribution < 1.29 is 14.3 Å². The summed E-state index contributed by atoms with van der Waals surface area (Å²) in [6.45, 7) is 2.59. The standard InChI is InChI=1S/C20H18N4O3/c1-13-4-2-3-5-15(13)22-19-9-7-16(23-24-19)20(25)21-11-14-6-8-17-18(10-14)27-12-26-17/h2-10H,11-12H2,1H3,(H,21,25)(H,22,24). The third kappa shape index (κ3) is 3.82. The summed E-state index contributed by atoms with van der Waals surface area (Å²) < 4.78 is 10.6. The van der Waals surface area contributed by atoms with E-state index in [1.807, 2.05) is 49.4 Å². The predicted octanol–water partition coefficient (Wildman–Crippen LogP) is 3.19. The van der Waals surface area contributed by atoms with Crippen LogP contribution in [-0.2, 0) is 6.54 Å². The second kappa shape index (κ2) is 7.33. The first-order valence-corrected chi connectivity index (χ1v) is 8.52. The van der Waals surface area contributed by atoms with Gasteiger partial charge >= 0.3 is 0 Å². The average Bonchev–Trinajstić information content (AvgIpc) is 3.16. The van der Waals surface area contributed by atoms with Crippen molar-refractivity contribution in [1.82, 2.24) is 15.5 Å². The maximum Gasteiger partial charge on any atom is 0.272 e. The van der Waals surface area contributed by atoms with Gasteiger partial charge in [0.05, 0.1) is 0 Å². The van der Waals surface area contributed by atoms with E-state index in [2.05, 4.69) is 20.8 Å². The molecule has 0 saturated heterocycles. The van der Waals surface area contributed by atoms with Crippen LogP contribution >= 0.6 is 0 Å². The molecule has 0 atom stereocenters. The summed E-state index contributed by atoms with van der Waals surface area (Å²) in [7, 11) is 0. The Bertz CT molecular complexity index is 973. The lowest BCUT2D eigenvalue weighted by Gasteiger charge is -2.09. The number of carbonyl (C=O) groups is 1. The van der Waals surface area contributed by atoms with Gasteiger partial charge in [-0.1, -0.05) is 24.3 Å². The zero-order valence-corrected chi connectivity index (χ0v) is 14.7. The predicted molar refractivity (Wildman–Crippen MR) is 100 cm³/mol. The Labute approximate surface area is 156 Å². The normalized spacial score (nSPS) is 11.9. The molecule has 0 fully saturated rings. The van der Waals surface area contributed by atoms with Gasteiger partial charge in [-0.3, -0.25) is 4.79 Å². The first-order valence-electron chi connectivity index (χ1n) is 8.52. The fraction of sp³-hybridized carbons (Fsp3) is 0.150. The number of aromatic nitrogens is 2. The molecular formula is C20H18N4O3. The Hall–Kier alpha value is -3.61. The number of rotatable bonds is 5. The number of anilines is 2. The van der Waals surface area contributed by atoms with Gasteiger partial charge in [0, 0.05) is 12.2 Å². The van der Waals surface area contributed by atoms with Crippen LogP contribution in [0.2, 0.25) is 0 Å². The van der Waals surface area contributed by atoms with E-state index in [-0.39, 0.29) is 18.4 Å². The molecule has 1 amide bonds. The summed E-state index contributed by atoms with van der Waals surface area (Å²) in [5, 5.41) is 14.1. The topological polar surface area (TPSA) is 85.4 Å². The van der Waals surface area contributed by atoms with Gasteiger partial charge in [-0.15, -0.1) is 10.2 Å². The molecule has 0 saturated carbocycles. The quantitative estimate of drug-likeness (QED) is 0.725. The van der Waals surface area contributed by atoms with Crippen molar-refractivity contribution in [2.45, 2.75) is 13.5 Å². The second-order valence-corrected chi connectivity index (χ2v) is 6.11. The number of para-hydroxylation sites is 1. The molecule has 7 heteroatoms. The Morgan fingerprint density at radius 2 is 1.89 bits per heavy atom. The van der Waals surface area contributed by atoms with Gasteiger partial charge in [0.1, 0.15) is 0 Å². The maximum absolute atomic E-state index is 12.3. The zero-order chi connectivity index (χ0) is 18.6. The minimum Gasteiger partial charge on any atom is -0.454 e. The molecule has 1 aromatic heterocycles. The van der Waals surface area contributed by atoms with Crippen LogP contribution in [0.25, 0.3) is 0 Å². The number of nitrogens with zero attached hydrogens (tertiary/aromatic N) is 2. The van der Waals surface area contributed by atoms with E-state index in [0.29, 0.717) is 23.9 Å². The number of amides is 1. The van der Waals surface area contributed by atoms with Crippen molar-refractivity contribution in [1.29, 1.82) is 0 Å². The minimum absolute atomic E-state index is 0.226. The smallest absolute Gasteiger partial charge is 0.272 e. The minimum atomic E-state index is -0.289. The van der Waals surface area contributed by atoms with Gasteiger partial charge in [0.15, 0.2) is 23.0 Å². The summed E-state index contributed by atoms with van der Waals surface area (Å²) >= 11 is 0. The summed E-state index contributed by atoms with van der Waals surface area (Å²) in [5.41, 5.74) is 3.22. The Balaban J connectivity index is 1.37. The third-order valence-electron chi connectivity index (χ3n) is 4.20. The van der Waals surface area contributed by atoms with Gasteiger partial charge in [0.2, 0.25) is 6.79 Å². The number of carbonyl (C=O) groups excluding carboxylic acids is 1. The van der Waals surface area contributed by atoms with Crippen LogP contribution in [-0.4, -0.2) is 22.9 Å². The van der Waals surface area contributed by atoms with E-state index >= 15 is 0 Å². The van der Waals surface area contributed by atoms with Gasteiger partial charge in [-0.25, -0.2) is 0 Å². The number of aryl methyl sites for hydroxylation is 1. The lowest BCUT2D eigenvalue weighted by molar-refractivity contribution is 0.0945. The molecule has 1 aliphatic heterocycles. The molecular weight excluding hydrogens is 344 g/mol. The van der Waals surface area contributed by atoms with Gasteiger partial charge < -0.3 is 20.1 Å². The van der Waals surface area contributed by atoms with E-state index in [9.17, 15) is 4.79 Å². The first kappa shape index (κ1) is 16.8. The number of nitrogens with one attached hydrogen (secondary N) is 2. The van der Waals surface area contributed by atoms with E-state index in [1.54, 1.807) is 12.1 Å². The Morgan fingerprint density at radius 1 is 1.04 bits per heavy atom. The van der Waals surface area contributed by atoms with Gasteiger partial charge in [-0.2, -0.15) is 0 Å². The molecule has 4 rings (SSSR count). The highest BCUT2D eigenvalue weighted by Gasteiger charge is 2.14. The van der Waals surface area contributed by atoms with Gasteiger partial charge in [-0.05, 0) is 48.4 Å². The number of hydrogen-bond acceptors (Lipinski definition) is 6. The largest absolute Gasteiger partial charge is 0.454 e. The van der Waals surface area contributed by atoms with Crippen LogP contribution in [0, 0.1) is 6.92 Å². The van der Waals surface area contributed by atoms with E-state index in [1.165, 1.54) is 0 Å². The fourth-order valence-electron chi connectivity index (χ4n) is 2.69. The lowest BCUT2D eigenvalue weighted by atomic mass is 10.2. The van der Waals surface area contributed by atoms with Crippen molar-refractivity contribution >= 4 is 17.4 Å². The fourth-order valence-corrected chi connectivity index (χ4v) is 2.69. The third-order valence-corrected chi connectivity index (χ3v) is 4.20. The molecule has 2 aromatic carbocycles. The molecule has 0 aliphatic carbocycles. The lowest BCUT2D eigenvalue weighted by Crippen LogP contribution is -2.24. The van der Waals surface area contributed by atoms with Crippen molar-refractivity contribution in [3.63, 3.8) is 0 Å². The molecule has 0 unspecified atom stereocenters. The highest BCUT2D eigenvalue weighted by atomic mass is 16.7. The average molecular weight is 362 g/mol. The van der Waals surface area contributed by atoms with Crippen LogP contribution in [0.5, 0.6) is 11.5 Å². The Morgan fingerprint density at radius 3 is 2.70 bits per heavy atom. The van der Waals surface area contributed by atoms with Crippen LogP contribution in [0.1, 0.15) is 21.6 Å². The highest BCUT2D eigenvalue weighted by Crippen LogP contribution is 2.32. The molecule has 1 aliphatic rings. The molecule has 3 aromatic rings. The number of fused-ring (bicyclic) bond motifs is 1. The summed E-state index contributed by atoms with van der Waals surface area (Å²) in [6.07, 6.45) is 0. The first-order chi connectivity index (χ1) is 13.2. The molecule has 0 radical (unpaired) electrons. The molecule has 2 heterocycles. The molecule has 7 nitrogen and oxygen atoms in total. The van der Waals surface area contributed by atoms with Crippen LogP contribution in [0.4, 0.5) is 11.5 Å². The molecule has 0 spiro atoms. The van der Waals surface area contributed by atoms with Crippen molar-refractivity contribution in [3.05, 3.63) is 71.4 Å². The summed E-state index contributed by atoms with van der Waals surface area (Å²) in [5.74, 6) is 1.69. The van der Waals surface area contributed by atoms with E-state index < -0.39 is 0 Å². The van der Waals surface area contributed by atoms with E-state index in [4.69, 9.17) is 9.47 Å². The summed E-state index contributed by atoms with van der Waals surface area (Å²) in [6, 6.07) is 16.8. The molecule has 27 heavy (non-hydrogen) atoms. The number of benzene rings is 2. The van der Waals surface area contributed by atoms with Crippen LogP contribution in [0.3, 0.4) is 0 Å². The van der Waals surface area contributed by atoms with Crippen molar-refractivity contribution in [3.8, 4) is 11.5 Å². The Kier molecular flexibility index (Phi) is 4.57. The van der Waals surface area contributed by atoms with E-state index in [0.717, 1.165) is 16.8 Å². The van der Waals surface area contributed by atoms with Crippen molar-refractivity contribution in [2.24, 2.45) is 0 Å². The van der Waals surface area contributed by atoms with Crippen LogP contribution in [0.15, 0.2) is 54.6 Å². The van der Waals surface area contributed by atoms with Crippen molar-refractivity contribution in [2.75, 3.05) is 12.1 Å². The van der Waals surface area contributed by atoms with Gasteiger partial charge in [0.25, 0.3) is 5.91 Å². The van der Waals surface area contributed by atoms with Crippen LogP contribution < -0.4 is 20.1 Å². The second-order valence-electron chi connectivity index (χ2n) is 6.11. The monoisotopic (exact) mass is 362 g/mol. The maximum atomic E-state index is 12.3.